The third kappa shape index (κ3) is 4.55. The van der Waals surface area contributed by atoms with Crippen molar-refractivity contribution in [3.8, 4) is 0 Å². The maximum atomic E-state index is 13.6. The third-order valence-electron chi connectivity index (χ3n) is 9.43. The summed E-state index contributed by atoms with van der Waals surface area (Å²) in [6.45, 7) is 4.59. The number of aliphatic hydroxyl groups excluding tert-OH is 2. The second-order valence-electron chi connectivity index (χ2n) is 12.6. The second-order valence-corrected chi connectivity index (χ2v) is 12.6. The Morgan fingerprint density at radius 3 is 2.40 bits per heavy atom. The molecule has 0 unspecified atom stereocenters. The molecule has 4 aliphatic heterocycles. The molecular weight excluding hydrogens is 510 g/mol. The number of benzene rings is 2. The molecule has 0 aliphatic carbocycles. The maximum absolute atomic E-state index is 13.6. The largest absolute Gasteiger partial charge is 0.465 e. The van der Waals surface area contributed by atoms with Crippen molar-refractivity contribution < 1.29 is 29.7 Å². The molecule has 40 heavy (non-hydrogen) atoms. The molecule has 3 N–H and O–H groups in total. The number of carbonyl (C=O) groups excluding carboxylic acids is 2. The van der Waals surface area contributed by atoms with Crippen LogP contribution in [0.2, 0.25) is 0 Å². The molecule has 2 saturated heterocycles. The number of nitrogens with zero attached hydrogens (tertiary/aromatic N) is 3. The first kappa shape index (κ1) is 26.8. The lowest BCUT2D eigenvalue weighted by molar-refractivity contribution is 0.0132. The number of carbonyl (C=O) groups is 3. The predicted octanol–water partition coefficient (Wildman–Crippen LogP) is 3.01. The van der Waals surface area contributed by atoms with E-state index in [9.17, 15) is 29.7 Å². The third-order valence-corrected chi connectivity index (χ3v) is 9.43. The molecule has 4 heterocycles. The fraction of sp³-hybridized carbons (Fsp3) is 0.516. The molecular formula is C31H37N3O6. The Hall–Kier alpha value is -3.43. The van der Waals surface area contributed by atoms with Gasteiger partial charge in [-0.15, -0.1) is 0 Å². The molecule has 2 bridgehead atoms. The summed E-state index contributed by atoms with van der Waals surface area (Å²) in [5.41, 5.74) is 3.31. The van der Waals surface area contributed by atoms with Crippen molar-refractivity contribution in [1.82, 2.24) is 14.7 Å². The molecule has 2 fully saturated rings. The Labute approximate surface area is 234 Å². The van der Waals surface area contributed by atoms with E-state index in [1.54, 1.807) is 17.0 Å². The number of carboxylic acid groups (broad SMARTS) is 1. The van der Waals surface area contributed by atoms with Gasteiger partial charge in [0.25, 0.3) is 11.8 Å². The first-order valence-corrected chi connectivity index (χ1v) is 14.2. The molecule has 4 aliphatic rings. The molecule has 9 nitrogen and oxygen atoms in total. The summed E-state index contributed by atoms with van der Waals surface area (Å²) in [6, 6.07) is 12.4. The number of rotatable bonds is 4. The van der Waals surface area contributed by atoms with Crippen LogP contribution < -0.4 is 0 Å². The number of hydrogen-bond donors (Lipinski definition) is 3. The van der Waals surface area contributed by atoms with E-state index in [1.165, 1.54) is 4.90 Å². The van der Waals surface area contributed by atoms with E-state index < -0.39 is 23.7 Å². The van der Waals surface area contributed by atoms with Gasteiger partial charge in [-0.1, -0.05) is 38.1 Å². The van der Waals surface area contributed by atoms with Gasteiger partial charge in [-0.05, 0) is 67.0 Å². The van der Waals surface area contributed by atoms with Gasteiger partial charge in [0.2, 0.25) is 0 Å². The molecule has 0 radical (unpaired) electrons. The van der Waals surface area contributed by atoms with Crippen LogP contribution in [0.3, 0.4) is 0 Å². The lowest BCUT2D eigenvalue weighted by Crippen LogP contribution is -2.56. The average molecular weight is 548 g/mol. The van der Waals surface area contributed by atoms with Gasteiger partial charge in [0, 0.05) is 48.3 Å². The molecule has 212 valence electrons. The summed E-state index contributed by atoms with van der Waals surface area (Å²) in [7, 11) is 0. The van der Waals surface area contributed by atoms with Crippen molar-refractivity contribution in [1.29, 1.82) is 0 Å². The van der Waals surface area contributed by atoms with Crippen molar-refractivity contribution in [2.45, 2.75) is 88.2 Å². The van der Waals surface area contributed by atoms with Crippen LogP contribution in [-0.4, -0.2) is 91.3 Å². The number of β-amino-alcohol motifs (C(OH)–C–C–N with tert-alkyl or cyclic N) is 1. The first-order chi connectivity index (χ1) is 19.0. The van der Waals surface area contributed by atoms with Gasteiger partial charge in [-0.25, -0.2) is 4.79 Å². The summed E-state index contributed by atoms with van der Waals surface area (Å²) in [6.07, 6.45) is 0.915. The van der Waals surface area contributed by atoms with Crippen molar-refractivity contribution in [3.05, 3.63) is 70.3 Å². The van der Waals surface area contributed by atoms with Crippen molar-refractivity contribution in [2.75, 3.05) is 13.1 Å². The molecule has 0 saturated carbocycles. The van der Waals surface area contributed by atoms with E-state index in [2.05, 4.69) is 0 Å². The average Bonchev–Trinajstić information content (AvgIpc) is 3.20. The highest BCUT2D eigenvalue weighted by atomic mass is 16.4. The van der Waals surface area contributed by atoms with Gasteiger partial charge in [0.05, 0.1) is 18.2 Å². The van der Waals surface area contributed by atoms with Crippen molar-refractivity contribution in [2.24, 2.45) is 0 Å². The van der Waals surface area contributed by atoms with Crippen LogP contribution in [0.4, 0.5) is 4.79 Å². The molecule has 5 atom stereocenters. The second kappa shape index (κ2) is 9.89. The molecule has 0 spiro atoms. The fourth-order valence-corrected chi connectivity index (χ4v) is 7.45. The molecule has 6 rings (SSSR count). The Kier molecular flexibility index (Phi) is 6.62. The quantitative estimate of drug-likeness (QED) is 0.541. The van der Waals surface area contributed by atoms with E-state index in [-0.39, 0.29) is 43.1 Å². The first-order valence-electron chi connectivity index (χ1n) is 14.2. The van der Waals surface area contributed by atoms with E-state index in [0.29, 0.717) is 36.9 Å². The zero-order valence-electron chi connectivity index (χ0n) is 23.0. The topological polar surface area (TPSA) is 122 Å². The maximum Gasteiger partial charge on any atom is 0.407 e. The zero-order valence-corrected chi connectivity index (χ0v) is 23.0. The van der Waals surface area contributed by atoms with Crippen LogP contribution in [0.15, 0.2) is 42.5 Å². The number of aliphatic hydroxyl groups is 2. The summed E-state index contributed by atoms with van der Waals surface area (Å²) < 4.78 is 0. The van der Waals surface area contributed by atoms with Crippen LogP contribution in [-0.2, 0) is 18.4 Å². The molecule has 9 heteroatoms. The Balaban J connectivity index is 1.22. The van der Waals surface area contributed by atoms with Gasteiger partial charge in [0.1, 0.15) is 0 Å². The number of hydrogen-bond acceptors (Lipinski definition) is 5. The smallest absolute Gasteiger partial charge is 0.407 e. The minimum absolute atomic E-state index is 0.0124. The molecule has 3 amide bonds. The monoisotopic (exact) mass is 547 g/mol. The summed E-state index contributed by atoms with van der Waals surface area (Å²) in [5, 5.41) is 31.3. The number of piperidine rings is 1. The number of fused-ring (bicyclic) bond motifs is 4. The highest BCUT2D eigenvalue weighted by molar-refractivity contribution is 6.00. The van der Waals surface area contributed by atoms with E-state index in [4.69, 9.17) is 0 Å². The van der Waals surface area contributed by atoms with Crippen LogP contribution in [0, 0.1) is 0 Å². The van der Waals surface area contributed by atoms with E-state index in [1.807, 2.05) is 49.1 Å². The summed E-state index contributed by atoms with van der Waals surface area (Å²) in [4.78, 5) is 44.1. The Morgan fingerprint density at radius 1 is 1.05 bits per heavy atom. The van der Waals surface area contributed by atoms with E-state index in [0.717, 1.165) is 29.5 Å². The molecule has 2 aromatic carbocycles. The van der Waals surface area contributed by atoms with E-state index >= 15 is 0 Å². The van der Waals surface area contributed by atoms with Crippen LogP contribution in [0.5, 0.6) is 0 Å². The summed E-state index contributed by atoms with van der Waals surface area (Å²) in [5.74, 6) is -0.277. The minimum atomic E-state index is -1.09. The standard InChI is InChI=1S/C31H37N3O6/c1-31(2)17-32(16-27(36)26-12-18-5-3-4-6-20(18)15-33(26)30(39)40)29(38)24-10-7-19(11-25(24)31)28(37)34-21-8-9-22(34)14-23(35)13-21/h3-7,10-11,21-23,26-27,35-36H,8-9,12-17H2,1-2H3,(H,39,40)/t21-,22+,23+,26-,27-/m0/s1. The number of amides is 3. The van der Waals surface area contributed by atoms with Crippen molar-refractivity contribution >= 4 is 17.9 Å². The zero-order chi connectivity index (χ0) is 28.3. The van der Waals surface area contributed by atoms with Gasteiger partial charge in [-0.3, -0.25) is 14.5 Å². The van der Waals surface area contributed by atoms with Crippen LogP contribution in [0.25, 0.3) is 0 Å². The van der Waals surface area contributed by atoms with Crippen LogP contribution in [0.1, 0.15) is 76.9 Å². The Morgan fingerprint density at radius 2 is 1.73 bits per heavy atom. The fourth-order valence-electron chi connectivity index (χ4n) is 7.45. The minimum Gasteiger partial charge on any atom is -0.465 e. The Bertz CT molecular complexity index is 1340. The molecule has 2 aromatic rings. The SMILES string of the molecule is CC1(C)CN(C[C@H](O)[C@@H]2Cc3ccccc3CN2C(=O)O)C(=O)c2ccc(C(=O)N3[C@@H]4CC[C@H]3C[C@@H](O)C4)cc21. The van der Waals surface area contributed by atoms with Gasteiger partial charge >= 0.3 is 6.09 Å². The highest BCUT2D eigenvalue weighted by Gasteiger charge is 2.44. The van der Waals surface area contributed by atoms with Gasteiger partial charge in [0.15, 0.2) is 0 Å². The highest BCUT2D eigenvalue weighted by Crippen LogP contribution is 2.39. The summed E-state index contributed by atoms with van der Waals surface area (Å²) >= 11 is 0. The van der Waals surface area contributed by atoms with Crippen LogP contribution >= 0.6 is 0 Å². The van der Waals surface area contributed by atoms with Gasteiger partial charge < -0.3 is 25.1 Å². The normalized spacial score (nSPS) is 27.7. The predicted molar refractivity (Wildman–Crippen MR) is 147 cm³/mol. The molecule has 0 aromatic heterocycles. The van der Waals surface area contributed by atoms with Gasteiger partial charge in [-0.2, -0.15) is 0 Å². The van der Waals surface area contributed by atoms with Crippen molar-refractivity contribution in [3.63, 3.8) is 0 Å². The lowest BCUT2D eigenvalue weighted by Gasteiger charge is -2.43. The lowest BCUT2D eigenvalue weighted by atomic mass is 9.77.